The first kappa shape index (κ1) is 14.7. The molecule has 0 aliphatic heterocycles. The van der Waals surface area contributed by atoms with Crippen molar-refractivity contribution in [2.24, 2.45) is 5.18 Å². The first-order chi connectivity index (χ1) is 7.31. The molecule has 16 heavy (non-hydrogen) atoms. The van der Waals surface area contributed by atoms with Gasteiger partial charge < -0.3 is 5.11 Å². The lowest BCUT2D eigenvalue weighted by Gasteiger charge is -2.35. The summed E-state index contributed by atoms with van der Waals surface area (Å²) in [6.07, 6.45) is -0.402. The van der Waals surface area contributed by atoms with Gasteiger partial charge in [0.1, 0.15) is 6.04 Å². The zero-order valence-corrected chi connectivity index (χ0v) is 10.0. The van der Waals surface area contributed by atoms with Crippen LogP contribution in [0.3, 0.4) is 0 Å². The minimum atomic E-state index is -1.12. The van der Waals surface area contributed by atoms with Gasteiger partial charge in [-0.1, -0.05) is 0 Å². The van der Waals surface area contributed by atoms with Gasteiger partial charge in [0.05, 0.1) is 6.42 Å². The molecule has 0 aliphatic carbocycles. The van der Waals surface area contributed by atoms with Gasteiger partial charge in [-0.15, -0.1) is 4.91 Å². The highest BCUT2D eigenvalue weighted by Crippen LogP contribution is 2.15. The Balaban J connectivity index is 5.03. The Kier molecular flexibility index (Phi) is 5.81. The molecule has 0 saturated carbocycles. The third kappa shape index (κ3) is 4.06. The van der Waals surface area contributed by atoms with Crippen LogP contribution < -0.4 is 0 Å². The standard InChI is InChI=1S/C10H18N2O4/c1-6(2)12(7(3)4)8(5-9(13)14)10(15)11-16/h6-8H,5H2,1-4H3,(H,13,14). The van der Waals surface area contributed by atoms with Gasteiger partial charge in [-0.05, 0) is 27.7 Å². The molecule has 0 radical (unpaired) electrons. The van der Waals surface area contributed by atoms with Gasteiger partial charge in [0.25, 0.3) is 0 Å². The Labute approximate surface area is 94.6 Å². The second-order valence-corrected chi connectivity index (χ2v) is 4.18. The summed E-state index contributed by atoms with van der Waals surface area (Å²) in [6.45, 7) is 7.36. The molecule has 1 amide bonds. The maximum atomic E-state index is 11.3. The molecule has 0 aromatic rings. The fourth-order valence-corrected chi connectivity index (χ4v) is 1.86. The van der Waals surface area contributed by atoms with E-state index in [4.69, 9.17) is 5.11 Å². The largest absolute Gasteiger partial charge is 0.481 e. The fourth-order valence-electron chi connectivity index (χ4n) is 1.86. The van der Waals surface area contributed by atoms with Crippen LogP contribution in [0.2, 0.25) is 0 Å². The molecule has 0 heterocycles. The van der Waals surface area contributed by atoms with E-state index >= 15 is 0 Å². The minimum Gasteiger partial charge on any atom is -0.481 e. The number of hydrogen-bond acceptors (Lipinski definition) is 4. The predicted octanol–water partition coefficient (Wildman–Crippen LogP) is 1.24. The fraction of sp³-hybridized carbons (Fsp3) is 0.800. The molecule has 0 aromatic carbocycles. The third-order valence-electron chi connectivity index (χ3n) is 2.30. The predicted molar refractivity (Wildman–Crippen MR) is 59.0 cm³/mol. The summed E-state index contributed by atoms with van der Waals surface area (Å²) in [4.78, 5) is 33.9. The van der Waals surface area contributed by atoms with Gasteiger partial charge >= 0.3 is 11.9 Å². The molecule has 0 aliphatic rings. The molecule has 0 bridgehead atoms. The molecule has 1 unspecified atom stereocenters. The van der Waals surface area contributed by atoms with Crippen molar-refractivity contribution in [3.05, 3.63) is 4.91 Å². The number of nitroso groups, excluding NO2 is 1. The molecule has 1 N–H and O–H groups in total. The van der Waals surface area contributed by atoms with Crippen LogP contribution in [0.15, 0.2) is 5.18 Å². The van der Waals surface area contributed by atoms with Crippen molar-refractivity contribution < 1.29 is 14.7 Å². The van der Waals surface area contributed by atoms with Crippen molar-refractivity contribution in [2.45, 2.75) is 52.2 Å². The average molecular weight is 230 g/mol. The Morgan fingerprint density at radius 3 is 1.88 bits per heavy atom. The van der Waals surface area contributed by atoms with Gasteiger partial charge in [0, 0.05) is 17.3 Å². The lowest BCUT2D eigenvalue weighted by atomic mass is 10.1. The smallest absolute Gasteiger partial charge is 0.305 e. The number of amides is 1. The molecule has 0 spiro atoms. The Morgan fingerprint density at radius 2 is 1.62 bits per heavy atom. The van der Waals surface area contributed by atoms with Crippen LogP contribution in [0.25, 0.3) is 0 Å². The van der Waals surface area contributed by atoms with E-state index in [1.807, 2.05) is 27.7 Å². The lowest BCUT2D eigenvalue weighted by molar-refractivity contribution is -0.142. The van der Waals surface area contributed by atoms with Crippen molar-refractivity contribution in [1.82, 2.24) is 4.90 Å². The summed E-state index contributed by atoms with van der Waals surface area (Å²) in [6, 6.07) is -1.04. The number of aliphatic carboxylic acids is 1. The highest BCUT2D eigenvalue weighted by atomic mass is 16.4. The van der Waals surface area contributed by atoms with Crippen LogP contribution in [0.5, 0.6) is 0 Å². The van der Waals surface area contributed by atoms with Crippen LogP contribution in [0.1, 0.15) is 34.1 Å². The van der Waals surface area contributed by atoms with E-state index < -0.39 is 24.3 Å². The molecular formula is C10H18N2O4. The van der Waals surface area contributed by atoms with E-state index in [1.54, 1.807) is 4.90 Å². The number of hydrogen-bond donors (Lipinski definition) is 1. The van der Waals surface area contributed by atoms with Crippen LogP contribution in [0.4, 0.5) is 0 Å². The summed E-state index contributed by atoms with van der Waals surface area (Å²) in [5.41, 5.74) is 0. The Morgan fingerprint density at radius 1 is 1.19 bits per heavy atom. The summed E-state index contributed by atoms with van der Waals surface area (Å²) in [5.74, 6) is -2.04. The van der Waals surface area contributed by atoms with E-state index in [9.17, 15) is 14.5 Å². The van der Waals surface area contributed by atoms with Gasteiger partial charge in [-0.2, -0.15) is 0 Å². The molecule has 0 rings (SSSR count). The maximum absolute atomic E-state index is 11.3. The monoisotopic (exact) mass is 230 g/mol. The maximum Gasteiger partial charge on any atom is 0.305 e. The number of carbonyl (C=O) groups is 2. The average Bonchev–Trinajstić information content (AvgIpc) is 2.13. The summed E-state index contributed by atoms with van der Waals surface area (Å²) in [5, 5.41) is 11.1. The van der Waals surface area contributed by atoms with E-state index in [1.165, 1.54) is 0 Å². The normalized spacial score (nSPS) is 13.2. The van der Waals surface area contributed by atoms with Gasteiger partial charge in [0.2, 0.25) is 0 Å². The Bertz CT molecular complexity index is 268. The highest BCUT2D eigenvalue weighted by Gasteiger charge is 2.32. The summed E-state index contributed by atoms with van der Waals surface area (Å²) < 4.78 is 0. The lowest BCUT2D eigenvalue weighted by Crippen LogP contribution is -2.49. The first-order valence-corrected chi connectivity index (χ1v) is 5.17. The molecule has 6 heteroatoms. The number of carbonyl (C=O) groups excluding carboxylic acids is 1. The van der Waals surface area contributed by atoms with Crippen molar-refractivity contribution >= 4 is 11.9 Å². The van der Waals surface area contributed by atoms with E-state index in [0.717, 1.165) is 0 Å². The molecule has 92 valence electrons. The van der Waals surface area contributed by atoms with E-state index in [0.29, 0.717) is 0 Å². The van der Waals surface area contributed by atoms with E-state index in [-0.39, 0.29) is 12.1 Å². The number of carboxylic acids is 1. The van der Waals surface area contributed by atoms with Crippen molar-refractivity contribution in [3.63, 3.8) is 0 Å². The van der Waals surface area contributed by atoms with Crippen LogP contribution in [-0.4, -0.2) is 40.0 Å². The van der Waals surface area contributed by atoms with Crippen molar-refractivity contribution in [3.8, 4) is 0 Å². The van der Waals surface area contributed by atoms with Gasteiger partial charge in [-0.3, -0.25) is 14.5 Å². The molecular weight excluding hydrogens is 212 g/mol. The van der Waals surface area contributed by atoms with Crippen LogP contribution >= 0.6 is 0 Å². The van der Waals surface area contributed by atoms with Crippen LogP contribution in [0, 0.1) is 4.91 Å². The Hall–Kier alpha value is -1.30. The molecule has 6 nitrogen and oxygen atoms in total. The molecule has 0 aromatic heterocycles. The second-order valence-electron chi connectivity index (χ2n) is 4.18. The van der Waals surface area contributed by atoms with Crippen molar-refractivity contribution in [2.75, 3.05) is 0 Å². The topological polar surface area (TPSA) is 87.0 Å². The molecule has 0 saturated heterocycles. The zero-order valence-electron chi connectivity index (χ0n) is 10.0. The first-order valence-electron chi connectivity index (χ1n) is 5.17. The minimum absolute atomic E-state index is 0.0324. The van der Waals surface area contributed by atoms with Gasteiger partial charge in [0.15, 0.2) is 0 Å². The molecule has 1 atom stereocenters. The number of carboxylic acid groups (broad SMARTS) is 1. The number of nitrogens with zero attached hydrogens (tertiary/aromatic N) is 2. The SMILES string of the molecule is CC(C)N(C(C)C)C(CC(=O)O)C(=O)N=O. The second kappa shape index (κ2) is 6.32. The number of rotatable bonds is 6. The van der Waals surface area contributed by atoms with Crippen molar-refractivity contribution in [1.29, 1.82) is 0 Å². The highest BCUT2D eigenvalue weighted by molar-refractivity contribution is 5.86. The quantitative estimate of drug-likeness (QED) is 0.694. The zero-order chi connectivity index (χ0) is 12.9. The van der Waals surface area contributed by atoms with Crippen LogP contribution in [-0.2, 0) is 9.59 Å². The van der Waals surface area contributed by atoms with Gasteiger partial charge in [-0.25, -0.2) is 0 Å². The summed E-state index contributed by atoms with van der Waals surface area (Å²) in [7, 11) is 0. The molecule has 0 fully saturated rings. The third-order valence-corrected chi connectivity index (χ3v) is 2.30. The summed E-state index contributed by atoms with van der Waals surface area (Å²) >= 11 is 0. The van der Waals surface area contributed by atoms with E-state index in [2.05, 4.69) is 5.18 Å².